The van der Waals surface area contributed by atoms with E-state index in [1.54, 1.807) is 0 Å². The standard InChI is InChI=1S/C17H23BrN2O2/c1-17(2,3)22-16(21)20-9-13-14(10-20)15(13)19-8-11-5-4-6-12(18)7-11/h4-7,13-15,19H,8-10H2,1-3H3. The molecule has 0 spiro atoms. The monoisotopic (exact) mass is 366 g/mol. The molecule has 1 aliphatic carbocycles. The Morgan fingerprint density at radius 3 is 2.64 bits per heavy atom. The number of nitrogens with zero attached hydrogens (tertiary/aromatic N) is 1. The number of piperidine rings is 1. The average Bonchev–Trinajstić information content (AvgIpc) is 2.86. The van der Waals surface area contributed by atoms with Gasteiger partial charge in [-0.1, -0.05) is 28.1 Å². The summed E-state index contributed by atoms with van der Waals surface area (Å²) in [6.45, 7) is 8.23. The molecule has 22 heavy (non-hydrogen) atoms. The Morgan fingerprint density at radius 2 is 2.05 bits per heavy atom. The zero-order valence-electron chi connectivity index (χ0n) is 13.3. The lowest BCUT2D eigenvalue weighted by atomic mass is 10.2. The molecule has 1 aromatic rings. The van der Waals surface area contributed by atoms with Crippen molar-refractivity contribution < 1.29 is 9.53 Å². The molecule has 1 saturated carbocycles. The molecule has 1 aliphatic heterocycles. The van der Waals surface area contributed by atoms with Gasteiger partial charge in [-0.05, 0) is 50.3 Å². The predicted octanol–water partition coefficient (Wildman–Crippen LogP) is 3.40. The summed E-state index contributed by atoms with van der Waals surface area (Å²) in [5.74, 6) is 1.17. The van der Waals surface area contributed by atoms with Gasteiger partial charge in [0.1, 0.15) is 5.60 Å². The van der Waals surface area contributed by atoms with Crippen LogP contribution in [-0.4, -0.2) is 35.7 Å². The van der Waals surface area contributed by atoms with Crippen molar-refractivity contribution in [3.63, 3.8) is 0 Å². The van der Waals surface area contributed by atoms with Gasteiger partial charge >= 0.3 is 6.09 Å². The van der Waals surface area contributed by atoms with Crippen LogP contribution in [0.3, 0.4) is 0 Å². The number of halogens is 1. The first-order valence-corrected chi connectivity index (χ1v) is 8.58. The van der Waals surface area contributed by atoms with E-state index in [1.807, 2.05) is 31.7 Å². The summed E-state index contributed by atoms with van der Waals surface area (Å²) in [6, 6.07) is 8.89. The Kier molecular flexibility index (Phi) is 4.21. The fourth-order valence-electron chi connectivity index (χ4n) is 3.19. The number of hydrogen-bond donors (Lipinski definition) is 1. The molecule has 120 valence electrons. The molecule has 1 saturated heterocycles. The quantitative estimate of drug-likeness (QED) is 0.890. The summed E-state index contributed by atoms with van der Waals surface area (Å²) in [4.78, 5) is 13.9. The van der Waals surface area contributed by atoms with Gasteiger partial charge in [0.15, 0.2) is 0 Å². The van der Waals surface area contributed by atoms with E-state index in [4.69, 9.17) is 4.74 Å². The van der Waals surface area contributed by atoms with Crippen LogP contribution in [0.4, 0.5) is 4.79 Å². The molecule has 4 nitrogen and oxygen atoms in total. The molecule has 0 aromatic heterocycles. The molecule has 2 fully saturated rings. The Labute approximate surface area is 140 Å². The van der Waals surface area contributed by atoms with Crippen molar-refractivity contribution in [3.05, 3.63) is 34.3 Å². The number of amides is 1. The van der Waals surface area contributed by atoms with Gasteiger partial charge in [-0.3, -0.25) is 0 Å². The molecule has 2 atom stereocenters. The van der Waals surface area contributed by atoms with E-state index in [2.05, 4.69) is 39.4 Å². The highest BCUT2D eigenvalue weighted by Crippen LogP contribution is 2.45. The second-order valence-corrected chi connectivity index (χ2v) is 8.17. The number of fused-ring (bicyclic) bond motifs is 1. The topological polar surface area (TPSA) is 41.6 Å². The predicted molar refractivity (Wildman–Crippen MR) is 89.6 cm³/mol. The molecule has 0 bridgehead atoms. The van der Waals surface area contributed by atoms with Crippen molar-refractivity contribution in [2.45, 2.75) is 39.0 Å². The Balaban J connectivity index is 1.44. The lowest BCUT2D eigenvalue weighted by Gasteiger charge is -2.26. The number of hydrogen-bond acceptors (Lipinski definition) is 3. The number of carbonyl (C=O) groups is 1. The van der Waals surface area contributed by atoms with E-state index >= 15 is 0 Å². The van der Waals surface area contributed by atoms with Gasteiger partial charge < -0.3 is 15.0 Å². The number of ether oxygens (including phenoxy) is 1. The van der Waals surface area contributed by atoms with Crippen LogP contribution in [0.1, 0.15) is 26.3 Å². The van der Waals surface area contributed by atoms with Gasteiger partial charge in [0, 0.05) is 30.1 Å². The molecule has 2 aliphatic rings. The number of rotatable bonds is 3. The van der Waals surface area contributed by atoms with Gasteiger partial charge in [0.05, 0.1) is 0 Å². The highest BCUT2D eigenvalue weighted by atomic mass is 79.9. The maximum atomic E-state index is 12.0. The van der Waals surface area contributed by atoms with Crippen molar-refractivity contribution in [2.24, 2.45) is 11.8 Å². The van der Waals surface area contributed by atoms with E-state index in [0.717, 1.165) is 24.1 Å². The summed E-state index contributed by atoms with van der Waals surface area (Å²) in [6.07, 6.45) is -0.176. The third-order valence-corrected chi connectivity index (χ3v) is 4.77. The van der Waals surface area contributed by atoms with Gasteiger partial charge in [0.2, 0.25) is 0 Å². The van der Waals surface area contributed by atoms with Crippen molar-refractivity contribution in [2.75, 3.05) is 13.1 Å². The van der Waals surface area contributed by atoms with Crippen molar-refractivity contribution >= 4 is 22.0 Å². The van der Waals surface area contributed by atoms with Gasteiger partial charge in [-0.25, -0.2) is 4.79 Å². The molecule has 1 heterocycles. The van der Waals surface area contributed by atoms with Crippen LogP contribution in [0.15, 0.2) is 28.7 Å². The van der Waals surface area contributed by atoms with E-state index in [9.17, 15) is 4.79 Å². The summed E-state index contributed by atoms with van der Waals surface area (Å²) in [7, 11) is 0. The van der Waals surface area contributed by atoms with E-state index in [0.29, 0.717) is 17.9 Å². The fourth-order valence-corrected chi connectivity index (χ4v) is 3.63. The molecule has 0 radical (unpaired) electrons. The van der Waals surface area contributed by atoms with Crippen LogP contribution in [0.25, 0.3) is 0 Å². The highest BCUT2D eigenvalue weighted by Gasteiger charge is 2.56. The lowest BCUT2D eigenvalue weighted by Crippen LogP contribution is -2.39. The smallest absolute Gasteiger partial charge is 0.410 e. The molecule has 5 heteroatoms. The number of likely N-dealkylation sites (tertiary alicyclic amines) is 1. The minimum atomic E-state index is -0.414. The Bertz CT molecular complexity index is 558. The molecular weight excluding hydrogens is 344 g/mol. The van der Waals surface area contributed by atoms with Crippen LogP contribution < -0.4 is 5.32 Å². The minimum absolute atomic E-state index is 0.176. The zero-order valence-corrected chi connectivity index (χ0v) is 14.9. The van der Waals surface area contributed by atoms with Crippen molar-refractivity contribution in [3.8, 4) is 0 Å². The van der Waals surface area contributed by atoms with Crippen LogP contribution in [0.5, 0.6) is 0 Å². The third kappa shape index (κ3) is 3.63. The number of benzene rings is 1. The maximum Gasteiger partial charge on any atom is 0.410 e. The minimum Gasteiger partial charge on any atom is -0.444 e. The van der Waals surface area contributed by atoms with E-state index < -0.39 is 5.60 Å². The SMILES string of the molecule is CC(C)(C)OC(=O)N1CC2C(C1)C2NCc1cccc(Br)c1. The second kappa shape index (κ2) is 5.85. The van der Waals surface area contributed by atoms with Crippen LogP contribution in [0.2, 0.25) is 0 Å². The normalized spacial score (nSPS) is 26.7. The number of nitrogens with one attached hydrogen (secondary N) is 1. The molecule has 1 N–H and O–H groups in total. The Morgan fingerprint density at radius 1 is 1.36 bits per heavy atom. The van der Waals surface area contributed by atoms with Gasteiger partial charge in [-0.15, -0.1) is 0 Å². The maximum absolute atomic E-state index is 12.0. The van der Waals surface area contributed by atoms with E-state index in [-0.39, 0.29) is 6.09 Å². The summed E-state index contributed by atoms with van der Waals surface area (Å²) >= 11 is 3.50. The summed E-state index contributed by atoms with van der Waals surface area (Å²) < 4.78 is 6.54. The molecule has 2 unspecified atom stereocenters. The van der Waals surface area contributed by atoms with Crippen LogP contribution in [0, 0.1) is 11.8 Å². The van der Waals surface area contributed by atoms with Gasteiger partial charge in [0.25, 0.3) is 0 Å². The average molecular weight is 367 g/mol. The molecule has 3 rings (SSSR count). The molecular formula is C17H23BrN2O2. The van der Waals surface area contributed by atoms with Crippen LogP contribution in [-0.2, 0) is 11.3 Å². The van der Waals surface area contributed by atoms with Crippen molar-refractivity contribution in [1.29, 1.82) is 0 Å². The lowest BCUT2D eigenvalue weighted by molar-refractivity contribution is 0.0269. The first-order valence-electron chi connectivity index (χ1n) is 7.79. The van der Waals surface area contributed by atoms with Crippen LogP contribution >= 0.6 is 15.9 Å². The largest absolute Gasteiger partial charge is 0.444 e. The fraction of sp³-hybridized carbons (Fsp3) is 0.588. The highest BCUT2D eigenvalue weighted by molar-refractivity contribution is 9.10. The summed E-state index contributed by atoms with van der Waals surface area (Å²) in [5.41, 5.74) is 0.866. The molecule has 1 aromatic carbocycles. The Hall–Kier alpha value is -1.07. The molecule has 1 amide bonds. The van der Waals surface area contributed by atoms with Crippen molar-refractivity contribution in [1.82, 2.24) is 10.2 Å². The number of carbonyl (C=O) groups excluding carboxylic acids is 1. The zero-order chi connectivity index (χ0) is 15.9. The summed E-state index contributed by atoms with van der Waals surface area (Å²) in [5, 5.41) is 3.61. The first kappa shape index (κ1) is 15.8. The van der Waals surface area contributed by atoms with E-state index in [1.165, 1.54) is 5.56 Å². The second-order valence-electron chi connectivity index (χ2n) is 7.25. The van der Waals surface area contributed by atoms with Gasteiger partial charge in [-0.2, -0.15) is 0 Å². The first-order chi connectivity index (χ1) is 10.3. The third-order valence-electron chi connectivity index (χ3n) is 4.28.